The third kappa shape index (κ3) is 4.88. The molecule has 0 saturated carbocycles. The first-order valence-corrected chi connectivity index (χ1v) is 6.60. The molecular formula is C15H23NO2. The predicted molar refractivity (Wildman–Crippen MR) is 73.6 cm³/mol. The summed E-state index contributed by atoms with van der Waals surface area (Å²) in [6.45, 7) is 7.28. The van der Waals surface area contributed by atoms with E-state index in [1.54, 1.807) is 0 Å². The standard InChI is InChI=1S/C15H23NO2/c1-4-14(13-8-6-5-7-9-13)15(17)18-11-10-16-12(2)3/h5-9,12,14,16H,4,10-11H2,1-3H3/t14-/m1/s1. The van der Waals surface area contributed by atoms with Crippen LogP contribution in [0.25, 0.3) is 0 Å². The minimum atomic E-state index is -0.148. The van der Waals surface area contributed by atoms with Gasteiger partial charge in [-0.25, -0.2) is 0 Å². The maximum absolute atomic E-state index is 12.0. The lowest BCUT2D eigenvalue weighted by Crippen LogP contribution is -2.28. The normalized spacial score (nSPS) is 12.4. The van der Waals surface area contributed by atoms with E-state index in [9.17, 15) is 4.79 Å². The number of hydrogen-bond donors (Lipinski definition) is 1. The maximum Gasteiger partial charge on any atom is 0.313 e. The minimum Gasteiger partial charge on any atom is -0.464 e. The highest BCUT2D eigenvalue weighted by molar-refractivity contribution is 5.78. The number of carbonyl (C=O) groups excluding carboxylic acids is 1. The van der Waals surface area contributed by atoms with Crippen LogP contribution in [0.3, 0.4) is 0 Å². The molecule has 18 heavy (non-hydrogen) atoms. The van der Waals surface area contributed by atoms with Gasteiger partial charge < -0.3 is 10.1 Å². The highest BCUT2D eigenvalue weighted by Crippen LogP contribution is 2.20. The Bertz CT molecular complexity index is 349. The van der Waals surface area contributed by atoms with Crippen LogP contribution in [0.2, 0.25) is 0 Å². The zero-order valence-corrected chi connectivity index (χ0v) is 11.5. The minimum absolute atomic E-state index is 0.130. The molecule has 3 heteroatoms. The van der Waals surface area contributed by atoms with Crippen LogP contribution in [-0.2, 0) is 9.53 Å². The van der Waals surface area contributed by atoms with Gasteiger partial charge in [0.2, 0.25) is 0 Å². The summed E-state index contributed by atoms with van der Waals surface area (Å²) in [5.41, 5.74) is 1.03. The maximum atomic E-state index is 12.0. The Labute approximate surface area is 110 Å². The van der Waals surface area contributed by atoms with Gasteiger partial charge in [-0.05, 0) is 12.0 Å². The molecule has 0 aliphatic heterocycles. The number of hydrogen-bond acceptors (Lipinski definition) is 3. The third-order valence-electron chi connectivity index (χ3n) is 2.79. The van der Waals surface area contributed by atoms with Crippen molar-refractivity contribution in [1.29, 1.82) is 0 Å². The summed E-state index contributed by atoms with van der Waals surface area (Å²) >= 11 is 0. The molecule has 0 bridgehead atoms. The van der Waals surface area contributed by atoms with E-state index < -0.39 is 0 Å². The van der Waals surface area contributed by atoms with Crippen molar-refractivity contribution in [3.8, 4) is 0 Å². The van der Waals surface area contributed by atoms with E-state index in [1.165, 1.54) is 0 Å². The number of esters is 1. The van der Waals surface area contributed by atoms with Crippen molar-refractivity contribution >= 4 is 5.97 Å². The second-order valence-corrected chi connectivity index (χ2v) is 4.65. The van der Waals surface area contributed by atoms with Gasteiger partial charge in [-0.3, -0.25) is 4.79 Å². The number of carbonyl (C=O) groups is 1. The van der Waals surface area contributed by atoms with E-state index in [0.29, 0.717) is 19.2 Å². The van der Waals surface area contributed by atoms with Crippen LogP contribution in [0, 0.1) is 0 Å². The largest absolute Gasteiger partial charge is 0.464 e. The van der Waals surface area contributed by atoms with Crippen LogP contribution >= 0.6 is 0 Å². The summed E-state index contributed by atoms with van der Waals surface area (Å²) in [6, 6.07) is 10.2. The number of ether oxygens (including phenoxy) is 1. The van der Waals surface area contributed by atoms with Crippen molar-refractivity contribution in [2.75, 3.05) is 13.2 Å². The second kappa shape index (κ2) is 7.88. The summed E-state index contributed by atoms with van der Waals surface area (Å²) in [6.07, 6.45) is 0.764. The molecule has 0 amide bonds. The first kappa shape index (κ1) is 14.7. The molecule has 1 rings (SSSR count). The molecular weight excluding hydrogens is 226 g/mol. The summed E-state index contributed by atoms with van der Waals surface area (Å²) in [4.78, 5) is 12.0. The van der Waals surface area contributed by atoms with Crippen molar-refractivity contribution in [1.82, 2.24) is 5.32 Å². The van der Waals surface area contributed by atoms with E-state index >= 15 is 0 Å². The summed E-state index contributed by atoms with van der Waals surface area (Å²) in [5.74, 6) is -0.278. The molecule has 0 aliphatic carbocycles. The number of rotatable bonds is 7. The lowest BCUT2D eigenvalue weighted by Gasteiger charge is -2.15. The Kier molecular flexibility index (Phi) is 6.44. The van der Waals surface area contributed by atoms with Gasteiger partial charge in [0.1, 0.15) is 6.61 Å². The summed E-state index contributed by atoms with van der Waals surface area (Å²) in [5, 5.41) is 3.22. The van der Waals surface area contributed by atoms with Crippen molar-refractivity contribution in [3.63, 3.8) is 0 Å². The molecule has 0 radical (unpaired) electrons. The van der Waals surface area contributed by atoms with Crippen LogP contribution in [0.15, 0.2) is 30.3 Å². The predicted octanol–water partition coefficient (Wildman–Crippen LogP) is 2.72. The third-order valence-corrected chi connectivity index (χ3v) is 2.79. The monoisotopic (exact) mass is 249 g/mol. The van der Waals surface area contributed by atoms with Gasteiger partial charge in [-0.1, -0.05) is 51.1 Å². The molecule has 1 atom stereocenters. The van der Waals surface area contributed by atoms with Gasteiger partial charge >= 0.3 is 5.97 Å². The van der Waals surface area contributed by atoms with Gasteiger partial charge in [-0.2, -0.15) is 0 Å². The number of nitrogens with one attached hydrogen (secondary N) is 1. The van der Waals surface area contributed by atoms with Crippen LogP contribution in [0.5, 0.6) is 0 Å². The smallest absolute Gasteiger partial charge is 0.313 e. The molecule has 0 aromatic heterocycles. The SMILES string of the molecule is CC[C@@H](C(=O)OCCNC(C)C)c1ccccc1. The molecule has 100 valence electrons. The van der Waals surface area contributed by atoms with Gasteiger partial charge in [0, 0.05) is 12.6 Å². The van der Waals surface area contributed by atoms with Gasteiger partial charge in [-0.15, -0.1) is 0 Å². The lowest BCUT2D eigenvalue weighted by atomic mass is 9.97. The zero-order chi connectivity index (χ0) is 13.4. The van der Waals surface area contributed by atoms with Crippen LogP contribution in [-0.4, -0.2) is 25.2 Å². The molecule has 0 spiro atoms. The molecule has 1 aromatic rings. The van der Waals surface area contributed by atoms with Crippen LogP contribution in [0.4, 0.5) is 0 Å². The van der Waals surface area contributed by atoms with E-state index in [2.05, 4.69) is 19.2 Å². The van der Waals surface area contributed by atoms with Gasteiger partial charge in [0.15, 0.2) is 0 Å². The van der Waals surface area contributed by atoms with Crippen molar-refractivity contribution in [3.05, 3.63) is 35.9 Å². The molecule has 0 unspecified atom stereocenters. The molecule has 0 fully saturated rings. The topological polar surface area (TPSA) is 38.3 Å². The number of benzene rings is 1. The van der Waals surface area contributed by atoms with Crippen molar-refractivity contribution < 1.29 is 9.53 Å². The average Bonchev–Trinajstić information content (AvgIpc) is 2.36. The first-order valence-electron chi connectivity index (χ1n) is 6.60. The van der Waals surface area contributed by atoms with Crippen LogP contribution < -0.4 is 5.32 Å². The molecule has 0 saturated heterocycles. The average molecular weight is 249 g/mol. The van der Waals surface area contributed by atoms with Crippen molar-refractivity contribution in [2.24, 2.45) is 0 Å². The zero-order valence-electron chi connectivity index (χ0n) is 11.5. The van der Waals surface area contributed by atoms with E-state index in [4.69, 9.17) is 4.74 Å². The highest BCUT2D eigenvalue weighted by atomic mass is 16.5. The van der Waals surface area contributed by atoms with Gasteiger partial charge in [0.25, 0.3) is 0 Å². The quantitative estimate of drug-likeness (QED) is 0.596. The van der Waals surface area contributed by atoms with Crippen LogP contribution in [0.1, 0.15) is 38.7 Å². The Morgan fingerprint density at radius 1 is 1.28 bits per heavy atom. The molecule has 3 nitrogen and oxygen atoms in total. The fraction of sp³-hybridized carbons (Fsp3) is 0.533. The Balaban J connectivity index is 2.43. The fourth-order valence-corrected chi connectivity index (χ4v) is 1.82. The van der Waals surface area contributed by atoms with E-state index in [1.807, 2.05) is 37.3 Å². The first-order chi connectivity index (χ1) is 8.65. The van der Waals surface area contributed by atoms with Gasteiger partial charge in [0.05, 0.1) is 5.92 Å². The summed E-state index contributed by atoms with van der Waals surface area (Å²) in [7, 11) is 0. The molecule has 0 heterocycles. The second-order valence-electron chi connectivity index (χ2n) is 4.65. The molecule has 1 N–H and O–H groups in total. The molecule has 1 aromatic carbocycles. The van der Waals surface area contributed by atoms with E-state index in [0.717, 1.165) is 12.0 Å². The van der Waals surface area contributed by atoms with E-state index in [-0.39, 0.29) is 11.9 Å². The fourth-order valence-electron chi connectivity index (χ4n) is 1.82. The Hall–Kier alpha value is -1.35. The molecule has 0 aliphatic rings. The Morgan fingerprint density at radius 2 is 1.94 bits per heavy atom. The highest BCUT2D eigenvalue weighted by Gasteiger charge is 2.19. The summed E-state index contributed by atoms with van der Waals surface area (Å²) < 4.78 is 5.30. The van der Waals surface area contributed by atoms with Crippen molar-refractivity contribution in [2.45, 2.75) is 39.2 Å². The Morgan fingerprint density at radius 3 is 2.50 bits per heavy atom. The lowest BCUT2D eigenvalue weighted by molar-refractivity contribution is -0.145.